The lowest BCUT2D eigenvalue weighted by molar-refractivity contribution is -0.165. The molecule has 5 heteroatoms. The number of hydrogen-bond acceptors (Lipinski definition) is 5. The maximum Gasteiger partial charge on any atom is 0.335 e. The molecule has 0 aromatic rings. The summed E-state index contributed by atoms with van der Waals surface area (Å²) in [5.74, 6) is -2.39. The number of hydrogen-bond donors (Lipinski definition) is 1. The van der Waals surface area contributed by atoms with Crippen molar-refractivity contribution in [1.29, 1.82) is 0 Å². The van der Waals surface area contributed by atoms with Gasteiger partial charge in [0.05, 0.1) is 19.1 Å². The van der Waals surface area contributed by atoms with Crippen LogP contribution in [0.3, 0.4) is 0 Å². The van der Waals surface area contributed by atoms with E-state index in [0.717, 1.165) is 0 Å². The zero-order valence-electron chi connectivity index (χ0n) is 9.64. The van der Waals surface area contributed by atoms with Crippen LogP contribution in [0.15, 0.2) is 12.7 Å². The monoisotopic (exact) mass is 230 g/mol. The molecule has 0 radical (unpaired) electrons. The van der Waals surface area contributed by atoms with E-state index in [2.05, 4.69) is 11.3 Å². The first-order valence-corrected chi connectivity index (χ1v) is 5.20. The lowest BCUT2D eigenvalue weighted by Gasteiger charge is -2.18. The van der Waals surface area contributed by atoms with E-state index in [-0.39, 0.29) is 19.6 Å². The minimum absolute atomic E-state index is 0.152. The van der Waals surface area contributed by atoms with Gasteiger partial charge in [-0.1, -0.05) is 6.08 Å². The molecule has 0 saturated carbocycles. The lowest BCUT2D eigenvalue weighted by Crippen LogP contribution is -2.37. The molecule has 0 saturated heterocycles. The molecule has 0 aliphatic rings. The van der Waals surface area contributed by atoms with Crippen LogP contribution in [0.1, 0.15) is 20.3 Å². The molecule has 1 N–H and O–H groups in total. The summed E-state index contributed by atoms with van der Waals surface area (Å²) in [4.78, 5) is 22.7. The van der Waals surface area contributed by atoms with Gasteiger partial charge < -0.3 is 14.6 Å². The fourth-order valence-electron chi connectivity index (χ4n) is 1.17. The molecular formula is C11H18O5. The molecule has 0 rings (SSSR count). The highest BCUT2D eigenvalue weighted by atomic mass is 16.6. The number of esters is 2. The highest BCUT2D eigenvalue weighted by Crippen LogP contribution is 2.13. The van der Waals surface area contributed by atoms with Crippen molar-refractivity contribution < 1.29 is 24.2 Å². The Morgan fingerprint density at radius 1 is 1.25 bits per heavy atom. The third-order valence-corrected chi connectivity index (χ3v) is 1.92. The SMILES string of the molecule is C=CC[C@@H](C(=O)OCC)[C@H](O)C(=O)OCC. The van der Waals surface area contributed by atoms with E-state index in [1.807, 2.05) is 0 Å². The summed E-state index contributed by atoms with van der Waals surface area (Å²) in [5.41, 5.74) is 0. The maximum atomic E-state index is 11.4. The average molecular weight is 230 g/mol. The zero-order valence-corrected chi connectivity index (χ0v) is 9.64. The fraction of sp³-hybridized carbons (Fsp3) is 0.636. The molecule has 92 valence electrons. The van der Waals surface area contributed by atoms with Crippen molar-refractivity contribution in [2.24, 2.45) is 5.92 Å². The second-order valence-corrected chi connectivity index (χ2v) is 3.08. The van der Waals surface area contributed by atoms with E-state index in [1.54, 1.807) is 13.8 Å². The third kappa shape index (κ3) is 4.44. The second-order valence-electron chi connectivity index (χ2n) is 3.08. The molecule has 0 aromatic carbocycles. The predicted molar refractivity (Wildman–Crippen MR) is 57.6 cm³/mol. The Morgan fingerprint density at radius 3 is 2.19 bits per heavy atom. The van der Waals surface area contributed by atoms with Crippen LogP contribution >= 0.6 is 0 Å². The van der Waals surface area contributed by atoms with E-state index < -0.39 is 24.0 Å². The van der Waals surface area contributed by atoms with Gasteiger partial charge in [0.25, 0.3) is 0 Å². The Hall–Kier alpha value is -1.36. The predicted octanol–water partition coefficient (Wildman–Crippen LogP) is 0.666. The molecule has 0 aliphatic heterocycles. The van der Waals surface area contributed by atoms with Gasteiger partial charge in [-0.05, 0) is 20.3 Å². The topological polar surface area (TPSA) is 72.8 Å². The van der Waals surface area contributed by atoms with Crippen molar-refractivity contribution in [1.82, 2.24) is 0 Å². The van der Waals surface area contributed by atoms with Crippen LogP contribution in [-0.2, 0) is 19.1 Å². The quantitative estimate of drug-likeness (QED) is 0.514. The number of aliphatic hydroxyl groups excluding tert-OH is 1. The summed E-state index contributed by atoms with van der Waals surface area (Å²) in [7, 11) is 0. The molecule has 2 atom stereocenters. The number of carbonyl (C=O) groups is 2. The number of aliphatic hydroxyl groups is 1. The highest BCUT2D eigenvalue weighted by molar-refractivity contribution is 5.83. The Bertz CT molecular complexity index is 249. The van der Waals surface area contributed by atoms with E-state index >= 15 is 0 Å². The highest BCUT2D eigenvalue weighted by Gasteiger charge is 2.33. The van der Waals surface area contributed by atoms with E-state index in [1.165, 1.54) is 6.08 Å². The van der Waals surface area contributed by atoms with Gasteiger partial charge in [0.2, 0.25) is 0 Å². The van der Waals surface area contributed by atoms with Crippen molar-refractivity contribution >= 4 is 11.9 Å². The Labute approximate surface area is 95.0 Å². The molecule has 5 nitrogen and oxygen atoms in total. The van der Waals surface area contributed by atoms with Gasteiger partial charge in [0.1, 0.15) is 0 Å². The number of ether oxygens (including phenoxy) is 2. The summed E-state index contributed by atoms with van der Waals surface area (Å²) in [6.07, 6.45) is 0.111. The van der Waals surface area contributed by atoms with Crippen molar-refractivity contribution in [2.45, 2.75) is 26.4 Å². The van der Waals surface area contributed by atoms with Gasteiger partial charge in [-0.2, -0.15) is 0 Å². The van der Waals surface area contributed by atoms with Crippen molar-refractivity contribution in [3.63, 3.8) is 0 Å². The first-order chi connectivity index (χ1) is 7.58. The summed E-state index contributed by atoms with van der Waals surface area (Å²) >= 11 is 0. The maximum absolute atomic E-state index is 11.4. The van der Waals surface area contributed by atoms with Crippen LogP contribution in [0.25, 0.3) is 0 Å². The number of allylic oxidation sites excluding steroid dienone is 1. The third-order valence-electron chi connectivity index (χ3n) is 1.92. The first-order valence-electron chi connectivity index (χ1n) is 5.20. The van der Waals surface area contributed by atoms with Crippen molar-refractivity contribution in [3.05, 3.63) is 12.7 Å². The molecular weight excluding hydrogens is 212 g/mol. The smallest absolute Gasteiger partial charge is 0.335 e. The molecule has 0 fully saturated rings. The standard InChI is InChI=1S/C11H18O5/c1-4-7-8(10(13)15-5-2)9(12)11(14)16-6-3/h4,8-9,12H,1,5-7H2,2-3H3/t8-,9+/m1/s1. The molecule has 0 heterocycles. The van der Waals surface area contributed by atoms with Crippen molar-refractivity contribution in [2.75, 3.05) is 13.2 Å². The Morgan fingerprint density at radius 2 is 1.75 bits per heavy atom. The van der Waals surface area contributed by atoms with E-state index in [0.29, 0.717) is 0 Å². The van der Waals surface area contributed by atoms with Gasteiger partial charge in [0.15, 0.2) is 6.10 Å². The van der Waals surface area contributed by atoms with Crippen molar-refractivity contribution in [3.8, 4) is 0 Å². The summed E-state index contributed by atoms with van der Waals surface area (Å²) in [5, 5.41) is 9.61. The van der Waals surface area contributed by atoms with Crippen LogP contribution in [-0.4, -0.2) is 36.4 Å². The second kappa shape index (κ2) is 7.87. The normalized spacial score (nSPS) is 13.7. The van der Waals surface area contributed by atoms with Crippen LogP contribution in [0.4, 0.5) is 0 Å². The van der Waals surface area contributed by atoms with Gasteiger partial charge in [-0.25, -0.2) is 4.79 Å². The molecule has 0 aromatic heterocycles. The molecule has 0 spiro atoms. The van der Waals surface area contributed by atoms with Crippen LogP contribution in [0, 0.1) is 5.92 Å². The minimum Gasteiger partial charge on any atom is -0.466 e. The Kier molecular flexibility index (Phi) is 7.20. The summed E-state index contributed by atoms with van der Waals surface area (Å²) < 4.78 is 9.38. The molecule has 0 aliphatic carbocycles. The summed E-state index contributed by atoms with van der Waals surface area (Å²) in [6.45, 7) is 7.08. The van der Waals surface area contributed by atoms with E-state index in [4.69, 9.17) is 4.74 Å². The lowest BCUT2D eigenvalue weighted by atomic mass is 9.99. The van der Waals surface area contributed by atoms with E-state index in [9.17, 15) is 14.7 Å². The van der Waals surface area contributed by atoms with Gasteiger partial charge in [0, 0.05) is 0 Å². The number of carbonyl (C=O) groups excluding carboxylic acids is 2. The first kappa shape index (κ1) is 14.6. The molecule has 16 heavy (non-hydrogen) atoms. The molecule has 0 unspecified atom stereocenters. The van der Waals surface area contributed by atoms with Crippen LogP contribution < -0.4 is 0 Å². The average Bonchev–Trinajstić information content (AvgIpc) is 2.25. The minimum atomic E-state index is -1.50. The van der Waals surface area contributed by atoms with Crippen LogP contribution in [0.2, 0.25) is 0 Å². The van der Waals surface area contributed by atoms with Crippen LogP contribution in [0.5, 0.6) is 0 Å². The van der Waals surface area contributed by atoms with Gasteiger partial charge in [-0.3, -0.25) is 4.79 Å². The van der Waals surface area contributed by atoms with Gasteiger partial charge >= 0.3 is 11.9 Å². The number of rotatable bonds is 7. The zero-order chi connectivity index (χ0) is 12.6. The largest absolute Gasteiger partial charge is 0.466 e. The summed E-state index contributed by atoms with van der Waals surface area (Å²) in [6, 6.07) is 0. The molecule has 0 bridgehead atoms. The molecule has 0 amide bonds. The Balaban J connectivity index is 4.56. The fourth-order valence-corrected chi connectivity index (χ4v) is 1.17. The van der Waals surface area contributed by atoms with Gasteiger partial charge in [-0.15, -0.1) is 6.58 Å².